The van der Waals surface area contributed by atoms with Crippen LogP contribution in [-0.2, 0) is 0 Å². The Kier molecular flexibility index (Phi) is 3.79. The van der Waals surface area contributed by atoms with Crippen molar-refractivity contribution in [2.24, 2.45) is 0 Å². The highest BCUT2D eigenvalue weighted by atomic mass is 127. The maximum atomic E-state index is 3.75. The summed E-state index contributed by atoms with van der Waals surface area (Å²) in [6, 6.07) is 8.51. The summed E-state index contributed by atoms with van der Waals surface area (Å²) >= 11 is 2.38. The van der Waals surface area contributed by atoms with E-state index < -0.39 is 0 Å². The number of benzene rings is 1. The molecule has 0 saturated heterocycles. The number of allylic oxidation sites excluding steroid dienone is 1. The Morgan fingerprint density at radius 1 is 1.50 bits per heavy atom. The van der Waals surface area contributed by atoms with Gasteiger partial charge in [-0.2, -0.15) is 0 Å². The molecule has 12 heavy (non-hydrogen) atoms. The van der Waals surface area contributed by atoms with E-state index in [1.807, 2.05) is 6.08 Å². The molecule has 64 valence electrons. The molecule has 1 aromatic carbocycles. The Morgan fingerprint density at radius 2 is 2.17 bits per heavy atom. The monoisotopic (exact) mass is 272 g/mol. The molecule has 0 fully saturated rings. The first-order valence-corrected chi connectivity index (χ1v) is 5.19. The summed E-state index contributed by atoms with van der Waals surface area (Å²) in [5.74, 6) is 0.593. The van der Waals surface area contributed by atoms with Crippen LogP contribution in [0.1, 0.15) is 24.8 Å². The zero-order valence-corrected chi connectivity index (χ0v) is 9.41. The van der Waals surface area contributed by atoms with E-state index in [2.05, 4.69) is 60.4 Å². The zero-order valence-electron chi connectivity index (χ0n) is 7.26. The van der Waals surface area contributed by atoms with E-state index in [4.69, 9.17) is 0 Å². The van der Waals surface area contributed by atoms with E-state index in [0.29, 0.717) is 5.92 Å². The van der Waals surface area contributed by atoms with Gasteiger partial charge in [0.1, 0.15) is 0 Å². The van der Waals surface area contributed by atoms with Gasteiger partial charge in [-0.05, 0) is 46.6 Å². The molecule has 1 unspecified atom stereocenters. The molecule has 0 aromatic heterocycles. The summed E-state index contributed by atoms with van der Waals surface area (Å²) in [4.78, 5) is 0. The van der Waals surface area contributed by atoms with E-state index >= 15 is 0 Å². The van der Waals surface area contributed by atoms with E-state index in [0.717, 1.165) is 6.42 Å². The smallest absolute Gasteiger partial charge is 0.0165 e. The predicted octanol–water partition coefficient (Wildman–Crippen LogP) is 3.97. The van der Waals surface area contributed by atoms with Gasteiger partial charge in [0.15, 0.2) is 0 Å². The second-order valence-corrected chi connectivity index (χ2v) is 4.11. The number of hydrogen-bond acceptors (Lipinski definition) is 0. The molecule has 0 aliphatic heterocycles. The second-order valence-electron chi connectivity index (χ2n) is 2.95. The summed E-state index contributed by atoms with van der Waals surface area (Å²) in [5, 5.41) is 0. The Labute approximate surface area is 87.8 Å². The fourth-order valence-electron chi connectivity index (χ4n) is 1.25. The average molecular weight is 272 g/mol. The van der Waals surface area contributed by atoms with Crippen molar-refractivity contribution in [3.63, 3.8) is 0 Å². The Bertz CT molecular complexity index is 265. The van der Waals surface area contributed by atoms with Crippen LogP contribution in [0.25, 0.3) is 0 Å². The van der Waals surface area contributed by atoms with E-state index in [1.54, 1.807) is 0 Å². The van der Waals surface area contributed by atoms with Crippen LogP contribution in [0.5, 0.6) is 0 Å². The largest absolute Gasteiger partial charge is 0.103 e. The lowest BCUT2D eigenvalue weighted by Gasteiger charge is -2.10. The summed E-state index contributed by atoms with van der Waals surface area (Å²) in [7, 11) is 0. The predicted molar refractivity (Wildman–Crippen MR) is 62.4 cm³/mol. The molecule has 0 aliphatic rings. The molecule has 1 atom stereocenters. The van der Waals surface area contributed by atoms with E-state index in [1.165, 1.54) is 9.13 Å². The zero-order chi connectivity index (χ0) is 8.97. The van der Waals surface area contributed by atoms with Crippen LogP contribution in [0, 0.1) is 3.57 Å². The van der Waals surface area contributed by atoms with Gasteiger partial charge in [-0.3, -0.25) is 0 Å². The highest BCUT2D eigenvalue weighted by Gasteiger charge is 2.05. The molecular formula is C11H13I. The van der Waals surface area contributed by atoms with Crippen molar-refractivity contribution >= 4 is 22.6 Å². The van der Waals surface area contributed by atoms with Crippen molar-refractivity contribution < 1.29 is 0 Å². The molecule has 0 aliphatic carbocycles. The first-order chi connectivity index (χ1) is 5.75. The van der Waals surface area contributed by atoms with Crippen molar-refractivity contribution in [2.45, 2.75) is 19.3 Å². The quantitative estimate of drug-likeness (QED) is 0.577. The second kappa shape index (κ2) is 4.65. The van der Waals surface area contributed by atoms with Crippen molar-refractivity contribution in [3.05, 3.63) is 46.1 Å². The number of halogens is 1. The van der Waals surface area contributed by atoms with Crippen LogP contribution in [-0.4, -0.2) is 0 Å². The minimum atomic E-state index is 0.593. The van der Waals surface area contributed by atoms with Crippen LogP contribution in [0.4, 0.5) is 0 Å². The van der Waals surface area contributed by atoms with Gasteiger partial charge in [-0.25, -0.2) is 0 Å². The highest BCUT2D eigenvalue weighted by Crippen LogP contribution is 2.23. The third-order valence-corrected chi connectivity index (χ3v) is 2.94. The molecule has 0 nitrogen and oxygen atoms in total. The highest BCUT2D eigenvalue weighted by molar-refractivity contribution is 14.1. The first kappa shape index (κ1) is 9.78. The normalized spacial score (nSPS) is 12.5. The van der Waals surface area contributed by atoms with Crippen molar-refractivity contribution in [1.29, 1.82) is 0 Å². The van der Waals surface area contributed by atoms with Crippen LogP contribution in [0.3, 0.4) is 0 Å². The average Bonchev–Trinajstić information content (AvgIpc) is 2.05. The van der Waals surface area contributed by atoms with Crippen molar-refractivity contribution in [1.82, 2.24) is 0 Å². The van der Waals surface area contributed by atoms with Crippen molar-refractivity contribution in [2.75, 3.05) is 0 Å². The maximum absolute atomic E-state index is 3.75. The van der Waals surface area contributed by atoms with Crippen LogP contribution < -0.4 is 0 Å². The molecule has 0 amide bonds. The summed E-state index contributed by atoms with van der Waals surface area (Å²) < 4.78 is 1.35. The molecule has 1 heteroatoms. The summed E-state index contributed by atoms with van der Waals surface area (Å²) in [5.41, 5.74) is 1.43. The van der Waals surface area contributed by atoms with Gasteiger partial charge in [0.05, 0.1) is 0 Å². The van der Waals surface area contributed by atoms with E-state index in [9.17, 15) is 0 Å². The molecule has 0 heterocycles. The van der Waals surface area contributed by atoms with Gasteiger partial charge in [0, 0.05) is 3.57 Å². The lowest BCUT2D eigenvalue weighted by atomic mass is 9.98. The lowest BCUT2D eigenvalue weighted by molar-refractivity contribution is 0.777. The standard InChI is InChI=1S/C11H13I/c1-3-6-9(2)10-7-4-5-8-11(10)12/h3-5,7-9H,1,6H2,2H3. The van der Waals surface area contributed by atoms with Gasteiger partial charge in [0.25, 0.3) is 0 Å². The fourth-order valence-corrected chi connectivity index (χ4v) is 2.17. The third-order valence-electron chi connectivity index (χ3n) is 1.96. The number of rotatable bonds is 3. The Hall–Kier alpha value is -0.310. The molecule has 0 radical (unpaired) electrons. The molecule has 0 spiro atoms. The summed E-state index contributed by atoms with van der Waals surface area (Å²) in [6.45, 7) is 5.99. The minimum Gasteiger partial charge on any atom is -0.103 e. The third kappa shape index (κ3) is 2.34. The van der Waals surface area contributed by atoms with E-state index in [-0.39, 0.29) is 0 Å². The fraction of sp³-hybridized carbons (Fsp3) is 0.273. The first-order valence-electron chi connectivity index (χ1n) is 4.11. The SMILES string of the molecule is C=CCC(C)c1ccccc1I. The van der Waals surface area contributed by atoms with Crippen molar-refractivity contribution in [3.8, 4) is 0 Å². The van der Waals surface area contributed by atoms with Crippen LogP contribution >= 0.6 is 22.6 Å². The summed E-state index contributed by atoms with van der Waals surface area (Å²) in [6.07, 6.45) is 3.04. The molecule has 1 rings (SSSR count). The van der Waals surface area contributed by atoms with Gasteiger partial charge in [0.2, 0.25) is 0 Å². The topological polar surface area (TPSA) is 0 Å². The number of hydrogen-bond donors (Lipinski definition) is 0. The van der Waals surface area contributed by atoms with Gasteiger partial charge in [-0.1, -0.05) is 31.2 Å². The Morgan fingerprint density at radius 3 is 2.75 bits per heavy atom. The van der Waals surface area contributed by atoms with Crippen LogP contribution in [0.15, 0.2) is 36.9 Å². The minimum absolute atomic E-state index is 0.593. The lowest BCUT2D eigenvalue weighted by Crippen LogP contribution is -1.94. The molecule has 1 aromatic rings. The van der Waals surface area contributed by atoms with Gasteiger partial charge < -0.3 is 0 Å². The molecular weight excluding hydrogens is 259 g/mol. The molecule has 0 N–H and O–H groups in total. The van der Waals surface area contributed by atoms with Crippen LogP contribution in [0.2, 0.25) is 0 Å². The van der Waals surface area contributed by atoms with Gasteiger partial charge >= 0.3 is 0 Å². The molecule has 0 bridgehead atoms. The Balaban J connectivity index is 2.86. The maximum Gasteiger partial charge on any atom is 0.0165 e. The molecule has 0 saturated carbocycles. The van der Waals surface area contributed by atoms with Gasteiger partial charge in [-0.15, -0.1) is 6.58 Å².